The Bertz CT molecular complexity index is 831. The molecule has 2 aliphatic rings. The molecule has 0 N–H and O–H groups in total. The van der Waals surface area contributed by atoms with Crippen LogP contribution >= 0.6 is 0 Å². The van der Waals surface area contributed by atoms with Gasteiger partial charge in [0.2, 0.25) is 0 Å². The quantitative estimate of drug-likeness (QED) is 0.460. The second-order valence-corrected chi connectivity index (χ2v) is 9.82. The Morgan fingerprint density at radius 1 is 0.862 bits per heavy atom. The first-order valence-corrected chi connectivity index (χ1v) is 11.5. The van der Waals surface area contributed by atoms with E-state index in [1.807, 2.05) is 6.07 Å². The van der Waals surface area contributed by atoms with Crippen LogP contribution in [0.25, 0.3) is 11.1 Å². The third kappa shape index (κ3) is 4.20. The molecule has 2 aromatic rings. The molecule has 0 atom stereocenters. The van der Waals surface area contributed by atoms with Gasteiger partial charge in [0.1, 0.15) is 5.82 Å². The molecule has 4 rings (SSSR count). The lowest BCUT2D eigenvalue weighted by atomic mass is 9.67. The van der Waals surface area contributed by atoms with Crippen molar-refractivity contribution in [1.82, 2.24) is 0 Å². The summed E-state index contributed by atoms with van der Waals surface area (Å²) in [5.41, 5.74) is 4.13. The Hall–Kier alpha value is -1.89. The first-order chi connectivity index (χ1) is 14.0. The van der Waals surface area contributed by atoms with Gasteiger partial charge in [0.05, 0.1) is 0 Å². The minimum atomic E-state index is -0.110. The van der Waals surface area contributed by atoms with Crippen LogP contribution in [-0.4, -0.2) is 0 Å². The normalized spacial score (nSPS) is 30.1. The van der Waals surface area contributed by atoms with E-state index in [0.29, 0.717) is 11.5 Å². The van der Waals surface area contributed by atoms with E-state index in [2.05, 4.69) is 56.8 Å². The molecule has 154 valence electrons. The molecule has 0 heterocycles. The summed E-state index contributed by atoms with van der Waals surface area (Å²) in [6.45, 7) is 8.78. The molecule has 2 aromatic carbocycles. The monoisotopic (exact) mass is 390 g/mol. The molecule has 0 aromatic heterocycles. The average molecular weight is 391 g/mol. The third-order valence-electron chi connectivity index (χ3n) is 7.81. The fourth-order valence-electron chi connectivity index (χ4n) is 5.48. The zero-order valence-corrected chi connectivity index (χ0v) is 18.1. The summed E-state index contributed by atoms with van der Waals surface area (Å²) in [5.74, 6) is 2.19. The fraction of sp³-hybridized carbons (Fsp3) is 0.500. The summed E-state index contributed by atoms with van der Waals surface area (Å²) in [4.78, 5) is 0. The first kappa shape index (κ1) is 20.4. The molecule has 0 saturated heterocycles. The molecule has 0 unspecified atom stereocenters. The molecule has 0 amide bonds. The molecule has 0 spiro atoms. The molecule has 0 radical (unpaired) electrons. The smallest absolute Gasteiger partial charge is 0.131 e. The molecular weight excluding hydrogens is 355 g/mol. The van der Waals surface area contributed by atoms with Crippen molar-refractivity contribution in [3.63, 3.8) is 0 Å². The second kappa shape index (κ2) is 8.46. The molecule has 2 aliphatic carbocycles. The minimum absolute atomic E-state index is 0.0617. The Morgan fingerprint density at radius 3 is 2.07 bits per heavy atom. The van der Waals surface area contributed by atoms with E-state index >= 15 is 4.39 Å². The SMILES string of the molecule is C=CC1(c2ccc(-c3ccc(C4CCC(C)CC4)cc3)c(F)c2)CCC(C)CC1. The van der Waals surface area contributed by atoms with Crippen LogP contribution in [-0.2, 0) is 5.41 Å². The van der Waals surface area contributed by atoms with Gasteiger partial charge in [0.25, 0.3) is 0 Å². The molecule has 2 fully saturated rings. The van der Waals surface area contributed by atoms with Crippen LogP contribution in [0.2, 0.25) is 0 Å². The predicted molar refractivity (Wildman–Crippen MR) is 122 cm³/mol. The van der Waals surface area contributed by atoms with Gasteiger partial charge in [0, 0.05) is 11.0 Å². The highest BCUT2D eigenvalue weighted by Crippen LogP contribution is 2.43. The van der Waals surface area contributed by atoms with E-state index in [1.165, 1.54) is 44.1 Å². The number of halogens is 1. The summed E-state index contributed by atoms with van der Waals surface area (Å²) < 4.78 is 15.1. The second-order valence-electron chi connectivity index (χ2n) is 9.82. The lowest BCUT2D eigenvalue weighted by molar-refractivity contribution is 0.288. The average Bonchev–Trinajstić information content (AvgIpc) is 2.75. The van der Waals surface area contributed by atoms with Crippen molar-refractivity contribution < 1.29 is 4.39 Å². The highest BCUT2D eigenvalue weighted by Gasteiger charge is 2.33. The molecular formula is C28H35F. The van der Waals surface area contributed by atoms with Crippen molar-refractivity contribution in [2.45, 2.75) is 76.5 Å². The lowest BCUT2D eigenvalue weighted by Gasteiger charge is -2.37. The van der Waals surface area contributed by atoms with E-state index in [9.17, 15) is 0 Å². The largest absolute Gasteiger partial charge is 0.206 e. The zero-order valence-electron chi connectivity index (χ0n) is 18.1. The van der Waals surface area contributed by atoms with Crippen LogP contribution in [0.15, 0.2) is 55.1 Å². The third-order valence-corrected chi connectivity index (χ3v) is 7.81. The van der Waals surface area contributed by atoms with Crippen LogP contribution in [0.1, 0.15) is 82.3 Å². The van der Waals surface area contributed by atoms with E-state index in [0.717, 1.165) is 35.8 Å². The van der Waals surface area contributed by atoms with Gasteiger partial charge in [-0.25, -0.2) is 4.39 Å². The molecule has 0 aliphatic heterocycles. The van der Waals surface area contributed by atoms with Gasteiger partial charge < -0.3 is 0 Å². The molecule has 29 heavy (non-hydrogen) atoms. The summed E-state index contributed by atoms with van der Waals surface area (Å²) in [6.07, 6.45) is 11.8. The summed E-state index contributed by atoms with van der Waals surface area (Å²) in [5, 5.41) is 0. The molecule has 0 bridgehead atoms. The van der Waals surface area contributed by atoms with Crippen molar-refractivity contribution in [2.24, 2.45) is 11.8 Å². The summed E-state index contributed by atoms with van der Waals surface area (Å²) in [7, 11) is 0. The maximum Gasteiger partial charge on any atom is 0.131 e. The van der Waals surface area contributed by atoms with E-state index in [4.69, 9.17) is 0 Å². The zero-order chi connectivity index (χ0) is 20.4. The highest BCUT2D eigenvalue weighted by molar-refractivity contribution is 5.65. The van der Waals surface area contributed by atoms with Gasteiger partial charge in [0.15, 0.2) is 0 Å². The van der Waals surface area contributed by atoms with Crippen LogP contribution in [0.5, 0.6) is 0 Å². The number of hydrogen-bond acceptors (Lipinski definition) is 0. The van der Waals surface area contributed by atoms with Gasteiger partial charge in [-0.3, -0.25) is 0 Å². The molecule has 0 nitrogen and oxygen atoms in total. The first-order valence-electron chi connectivity index (χ1n) is 11.5. The standard InChI is InChI=1S/C28H35F/c1-4-28(17-15-21(3)16-18-28)25-13-14-26(27(29)19-25)24-11-9-23(10-12-24)22-7-5-20(2)6-8-22/h4,9-14,19-22H,1,5-8,15-18H2,2-3H3. The van der Waals surface area contributed by atoms with Gasteiger partial charge >= 0.3 is 0 Å². The summed E-state index contributed by atoms with van der Waals surface area (Å²) in [6, 6.07) is 14.5. The minimum Gasteiger partial charge on any atom is -0.206 e. The maximum absolute atomic E-state index is 15.1. The number of benzene rings is 2. The fourth-order valence-corrected chi connectivity index (χ4v) is 5.48. The Balaban J connectivity index is 1.54. The van der Waals surface area contributed by atoms with Crippen LogP contribution in [0.4, 0.5) is 4.39 Å². The van der Waals surface area contributed by atoms with Gasteiger partial charge in [-0.15, -0.1) is 6.58 Å². The van der Waals surface area contributed by atoms with Crippen LogP contribution < -0.4 is 0 Å². The van der Waals surface area contributed by atoms with E-state index in [-0.39, 0.29) is 11.2 Å². The Kier molecular flexibility index (Phi) is 5.95. The van der Waals surface area contributed by atoms with Gasteiger partial charge in [-0.2, -0.15) is 0 Å². The van der Waals surface area contributed by atoms with Crippen LogP contribution in [0.3, 0.4) is 0 Å². The van der Waals surface area contributed by atoms with Crippen LogP contribution in [0, 0.1) is 17.7 Å². The molecule has 1 heteroatoms. The maximum atomic E-state index is 15.1. The summed E-state index contributed by atoms with van der Waals surface area (Å²) >= 11 is 0. The number of hydrogen-bond donors (Lipinski definition) is 0. The van der Waals surface area contributed by atoms with Crippen molar-refractivity contribution in [3.8, 4) is 11.1 Å². The number of rotatable bonds is 4. The van der Waals surface area contributed by atoms with E-state index < -0.39 is 0 Å². The topological polar surface area (TPSA) is 0 Å². The molecule has 2 saturated carbocycles. The predicted octanol–water partition coefficient (Wildman–Crippen LogP) is 8.42. The van der Waals surface area contributed by atoms with Gasteiger partial charge in [-0.05, 0) is 79.0 Å². The Morgan fingerprint density at radius 2 is 1.48 bits per heavy atom. The lowest BCUT2D eigenvalue weighted by Crippen LogP contribution is -2.29. The Labute approximate surface area is 176 Å². The van der Waals surface area contributed by atoms with Gasteiger partial charge in [-0.1, -0.05) is 69.2 Å². The van der Waals surface area contributed by atoms with E-state index in [1.54, 1.807) is 6.07 Å². The van der Waals surface area contributed by atoms with Crippen molar-refractivity contribution in [3.05, 3.63) is 72.1 Å². The number of allylic oxidation sites excluding steroid dienone is 1. The van der Waals surface area contributed by atoms with Crippen molar-refractivity contribution >= 4 is 0 Å². The highest BCUT2D eigenvalue weighted by atomic mass is 19.1. The van der Waals surface area contributed by atoms with Crippen molar-refractivity contribution in [1.29, 1.82) is 0 Å². The van der Waals surface area contributed by atoms with Crippen molar-refractivity contribution in [2.75, 3.05) is 0 Å².